The molecule has 0 aromatic heterocycles. The van der Waals surface area contributed by atoms with Crippen LogP contribution in [-0.2, 0) is 13.6 Å². The van der Waals surface area contributed by atoms with Crippen LogP contribution in [0.1, 0.15) is 30.6 Å². The smallest absolute Gasteiger partial charge is 0.308 e. The molecule has 1 aromatic carbocycles. The van der Waals surface area contributed by atoms with E-state index in [9.17, 15) is 9.36 Å². The first kappa shape index (κ1) is 16.6. The molecule has 0 saturated heterocycles. The van der Waals surface area contributed by atoms with E-state index in [4.69, 9.17) is 14.3 Å². The highest BCUT2D eigenvalue weighted by Crippen LogP contribution is 2.55. The summed E-state index contributed by atoms with van der Waals surface area (Å²) in [5.74, 6) is -0.391. The van der Waals surface area contributed by atoms with Crippen LogP contribution in [0.4, 0.5) is 0 Å². The third kappa shape index (κ3) is 4.01. The number of rotatable bonds is 8. The third-order valence-electron chi connectivity index (χ3n) is 2.65. The summed E-state index contributed by atoms with van der Waals surface area (Å²) in [6.07, 6.45) is -0.203. The Balaban J connectivity index is 3.12. The van der Waals surface area contributed by atoms with Gasteiger partial charge in [-0.15, -0.1) is 0 Å². The van der Waals surface area contributed by atoms with Gasteiger partial charge in [-0.25, -0.2) is 0 Å². The number of ketones is 1. The molecule has 6 heteroatoms. The lowest BCUT2D eigenvalue weighted by molar-refractivity contribution is 0.0968. The van der Waals surface area contributed by atoms with E-state index < -0.39 is 19.0 Å². The van der Waals surface area contributed by atoms with Crippen LogP contribution in [0, 0.1) is 11.3 Å². The SMILES string of the molecule is CCOP(=O)(OCC)C(CC#N)C(=O)c1ccccc1. The highest BCUT2D eigenvalue weighted by Gasteiger charge is 2.41. The van der Waals surface area contributed by atoms with E-state index in [1.807, 2.05) is 6.07 Å². The van der Waals surface area contributed by atoms with Crippen molar-refractivity contribution in [3.05, 3.63) is 35.9 Å². The second-order valence-corrected chi connectivity index (χ2v) is 6.20. The van der Waals surface area contributed by atoms with Crippen molar-refractivity contribution in [2.75, 3.05) is 13.2 Å². The third-order valence-corrected chi connectivity index (χ3v) is 5.06. The first-order chi connectivity index (χ1) is 9.59. The number of Topliss-reactive ketones (excluding diaryl/α,β-unsaturated/α-hetero) is 1. The molecule has 0 saturated carbocycles. The number of carbonyl (C=O) groups is 1. The van der Waals surface area contributed by atoms with Crippen molar-refractivity contribution in [3.8, 4) is 6.07 Å². The maximum absolute atomic E-state index is 12.7. The summed E-state index contributed by atoms with van der Waals surface area (Å²) in [5.41, 5.74) is -0.692. The number of carbonyl (C=O) groups excluding carboxylic acids is 1. The summed E-state index contributed by atoms with van der Waals surface area (Å²) in [4.78, 5) is 12.4. The highest BCUT2D eigenvalue weighted by atomic mass is 31.2. The zero-order valence-corrected chi connectivity index (χ0v) is 12.5. The second kappa shape index (κ2) is 7.96. The summed E-state index contributed by atoms with van der Waals surface area (Å²) in [5, 5.41) is 8.90. The molecule has 0 aliphatic rings. The minimum absolute atomic E-state index is 0.154. The fourth-order valence-corrected chi connectivity index (χ4v) is 3.70. The monoisotopic (exact) mass is 295 g/mol. The summed E-state index contributed by atoms with van der Waals surface area (Å²) in [7, 11) is -3.64. The standard InChI is InChI=1S/C14H18NO4P/c1-3-18-20(17,19-4-2)13(10-11-15)14(16)12-8-6-5-7-9-12/h5-9,13H,3-4,10H2,1-2H3. The van der Waals surface area contributed by atoms with Crippen LogP contribution in [0.15, 0.2) is 30.3 Å². The fourth-order valence-electron chi connectivity index (χ4n) is 1.81. The predicted octanol–water partition coefficient (Wildman–Crippen LogP) is 3.42. The molecule has 0 N–H and O–H groups in total. The van der Waals surface area contributed by atoms with Crippen LogP contribution in [0.5, 0.6) is 0 Å². The summed E-state index contributed by atoms with van der Waals surface area (Å²) in [6.45, 7) is 3.65. The summed E-state index contributed by atoms with van der Waals surface area (Å²) in [6, 6.07) is 10.3. The van der Waals surface area contributed by atoms with E-state index in [0.717, 1.165) is 0 Å². The molecule has 1 aromatic rings. The average molecular weight is 295 g/mol. The quantitative estimate of drug-likeness (QED) is 0.542. The van der Waals surface area contributed by atoms with Gasteiger partial charge in [0.1, 0.15) is 5.66 Å². The van der Waals surface area contributed by atoms with Gasteiger partial charge in [0.05, 0.1) is 25.7 Å². The Morgan fingerprint density at radius 2 is 1.80 bits per heavy atom. The Labute approximate surface area is 119 Å². The molecule has 0 radical (unpaired) electrons. The minimum Gasteiger partial charge on any atom is -0.308 e. The molecule has 0 fully saturated rings. The van der Waals surface area contributed by atoms with Crippen molar-refractivity contribution >= 4 is 13.4 Å². The van der Waals surface area contributed by atoms with Crippen molar-refractivity contribution in [1.29, 1.82) is 5.26 Å². The molecule has 0 bridgehead atoms. The van der Waals surface area contributed by atoms with Gasteiger partial charge in [0.25, 0.3) is 0 Å². The molecule has 0 spiro atoms. The van der Waals surface area contributed by atoms with E-state index in [1.54, 1.807) is 44.2 Å². The van der Waals surface area contributed by atoms with Gasteiger partial charge in [-0.3, -0.25) is 9.36 Å². The topological polar surface area (TPSA) is 76.4 Å². The van der Waals surface area contributed by atoms with Crippen LogP contribution in [-0.4, -0.2) is 24.7 Å². The average Bonchev–Trinajstić information content (AvgIpc) is 2.45. The molecular formula is C14H18NO4P. The molecule has 0 aliphatic heterocycles. The maximum Gasteiger partial charge on any atom is 0.342 e. The molecule has 1 rings (SSSR count). The van der Waals surface area contributed by atoms with Crippen LogP contribution in [0.2, 0.25) is 0 Å². The van der Waals surface area contributed by atoms with Gasteiger partial charge in [-0.2, -0.15) is 5.26 Å². The normalized spacial score (nSPS) is 12.7. The number of nitriles is 1. The van der Waals surface area contributed by atoms with Gasteiger partial charge < -0.3 is 9.05 Å². The van der Waals surface area contributed by atoms with E-state index in [0.29, 0.717) is 5.56 Å². The molecule has 0 aliphatic carbocycles. The van der Waals surface area contributed by atoms with Crippen LogP contribution in [0.25, 0.3) is 0 Å². The molecule has 0 heterocycles. The largest absolute Gasteiger partial charge is 0.342 e. The molecule has 1 atom stereocenters. The maximum atomic E-state index is 12.7. The Morgan fingerprint density at radius 3 is 2.25 bits per heavy atom. The predicted molar refractivity (Wildman–Crippen MR) is 75.6 cm³/mol. The Kier molecular flexibility index (Phi) is 6.60. The van der Waals surface area contributed by atoms with Gasteiger partial charge in [0.15, 0.2) is 5.78 Å². The Morgan fingerprint density at radius 1 is 1.25 bits per heavy atom. The molecule has 1 unspecified atom stereocenters. The van der Waals surface area contributed by atoms with Gasteiger partial charge in [0.2, 0.25) is 0 Å². The Hall–Kier alpha value is -1.47. The number of benzene rings is 1. The molecule has 0 amide bonds. The minimum atomic E-state index is -3.64. The van der Waals surface area contributed by atoms with Crippen molar-refractivity contribution < 1.29 is 18.4 Å². The van der Waals surface area contributed by atoms with Crippen LogP contribution >= 0.6 is 7.60 Å². The molecule has 5 nitrogen and oxygen atoms in total. The van der Waals surface area contributed by atoms with Gasteiger partial charge in [-0.1, -0.05) is 30.3 Å². The number of hydrogen-bond acceptors (Lipinski definition) is 5. The van der Waals surface area contributed by atoms with Crippen LogP contribution < -0.4 is 0 Å². The van der Waals surface area contributed by atoms with E-state index in [1.165, 1.54) is 0 Å². The second-order valence-electron chi connectivity index (χ2n) is 3.98. The number of nitrogens with zero attached hydrogens (tertiary/aromatic N) is 1. The molecule has 108 valence electrons. The first-order valence-corrected chi connectivity index (χ1v) is 8.05. The molecule has 20 heavy (non-hydrogen) atoms. The highest BCUT2D eigenvalue weighted by molar-refractivity contribution is 7.55. The lowest BCUT2D eigenvalue weighted by Crippen LogP contribution is -2.23. The van der Waals surface area contributed by atoms with Crippen molar-refractivity contribution in [1.82, 2.24) is 0 Å². The first-order valence-electron chi connectivity index (χ1n) is 6.44. The summed E-state index contributed by atoms with van der Waals surface area (Å²) < 4.78 is 23.1. The van der Waals surface area contributed by atoms with Crippen LogP contribution in [0.3, 0.4) is 0 Å². The van der Waals surface area contributed by atoms with Gasteiger partial charge >= 0.3 is 7.60 Å². The summed E-state index contributed by atoms with van der Waals surface area (Å²) >= 11 is 0. The number of hydrogen-bond donors (Lipinski definition) is 0. The van der Waals surface area contributed by atoms with Gasteiger partial charge in [-0.05, 0) is 13.8 Å². The van der Waals surface area contributed by atoms with Crippen molar-refractivity contribution in [2.24, 2.45) is 0 Å². The Bertz CT molecular complexity index is 514. The zero-order valence-electron chi connectivity index (χ0n) is 11.6. The lowest BCUT2D eigenvalue weighted by Gasteiger charge is -2.23. The van der Waals surface area contributed by atoms with E-state index in [-0.39, 0.29) is 19.6 Å². The van der Waals surface area contributed by atoms with E-state index >= 15 is 0 Å². The van der Waals surface area contributed by atoms with Gasteiger partial charge in [0, 0.05) is 5.56 Å². The lowest BCUT2D eigenvalue weighted by atomic mass is 10.1. The molecular weight excluding hydrogens is 277 g/mol. The fraction of sp³-hybridized carbons (Fsp3) is 0.429. The zero-order chi connectivity index (χ0) is 15.0. The van der Waals surface area contributed by atoms with Crippen molar-refractivity contribution in [2.45, 2.75) is 25.9 Å². The van der Waals surface area contributed by atoms with E-state index in [2.05, 4.69) is 0 Å². The van der Waals surface area contributed by atoms with Crippen molar-refractivity contribution in [3.63, 3.8) is 0 Å².